The van der Waals surface area contributed by atoms with Crippen molar-refractivity contribution < 1.29 is 8.42 Å². The monoisotopic (exact) mass is 285 g/mol. The fourth-order valence-corrected chi connectivity index (χ4v) is 4.05. The minimum atomic E-state index is -2.84. The number of rotatable bonds is 3. The van der Waals surface area contributed by atoms with Crippen LogP contribution < -0.4 is 0 Å². The Kier molecular flexibility index (Phi) is 4.01. The van der Waals surface area contributed by atoms with Crippen molar-refractivity contribution in [2.45, 2.75) is 46.3 Å². The summed E-state index contributed by atoms with van der Waals surface area (Å²) in [5, 5.41) is 4.50. The van der Waals surface area contributed by atoms with Gasteiger partial charge in [0.25, 0.3) is 0 Å². The van der Waals surface area contributed by atoms with Crippen LogP contribution in [0.5, 0.6) is 0 Å². The fraction of sp³-hybridized carbons (Fsp3) is 0.769. The highest BCUT2D eigenvalue weighted by Crippen LogP contribution is 2.18. The SMILES string of the molecule is Cc1nn(C(C)C)cc1CN1CCS(=O)(=O)CC1C. The highest BCUT2D eigenvalue weighted by Gasteiger charge is 2.28. The molecule has 1 unspecified atom stereocenters. The molecule has 0 aromatic carbocycles. The van der Waals surface area contributed by atoms with Crippen LogP contribution in [0.4, 0.5) is 0 Å². The lowest BCUT2D eigenvalue weighted by Crippen LogP contribution is -2.46. The largest absolute Gasteiger partial charge is 0.294 e. The number of aryl methyl sites for hydroxylation is 1. The second-order valence-electron chi connectivity index (χ2n) is 5.75. The summed E-state index contributed by atoms with van der Waals surface area (Å²) in [5.74, 6) is 0.541. The van der Waals surface area contributed by atoms with Crippen LogP contribution in [0, 0.1) is 6.92 Å². The lowest BCUT2D eigenvalue weighted by molar-refractivity contribution is 0.217. The first-order chi connectivity index (χ1) is 8.78. The summed E-state index contributed by atoms with van der Waals surface area (Å²) in [6.45, 7) is 9.61. The first kappa shape index (κ1) is 14.5. The Morgan fingerprint density at radius 2 is 2.16 bits per heavy atom. The Labute approximate surface area is 115 Å². The third kappa shape index (κ3) is 3.36. The molecule has 1 aliphatic rings. The molecule has 1 atom stereocenters. The number of nitrogens with zero attached hydrogens (tertiary/aromatic N) is 3. The molecule has 0 radical (unpaired) electrons. The lowest BCUT2D eigenvalue weighted by atomic mass is 10.2. The molecule has 1 aromatic heterocycles. The molecule has 2 rings (SSSR count). The van der Waals surface area contributed by atoms with Crippen molar-refractivity contribution >= 4 is 9.84 Å². The van der Waals surface area contributed by atoms with E-state index in [2.05, 4.69) is 30.0 Å². The zero-order valence-corrected chi connectivity index (χ0v) is 12.9. The molecule has 19 heavy (non-hydrogen) atoms. The Bertz CT molecular complexity index is 548. The van der Waals surface area contributed by atoms with Gasteiger partial charge in [-0.15, -0.1) is 0 Å². The van der Waals surface area contributed by atoms with Gasteiger partial charge in [-0.05, 0) is 27.7 Å². The van der Waals surface area contributed by atoms with Crippen molar-refractivity contribution in [1.82, 2.24) is 14.7 Å². The van der Waals surface area contributed by atoms with Crippen molar-refractivity contribution in [1.29, 1.82) is 0 Å². The van der Waals surface area contributed by atoms with Crippen LogP contribution in [0.15, 0.2) is 6.20 Å². The van der Waals surface area contributed by atoms with Gasteiger partial charge in [-0.2, -0.15) is 5.10 Å². The predicted octanol–water partition coefficient (Wildman–Crippen LogP) is 1.39. The molecule has 0 aliphatic carbocycles. The second-order valence-corrected chi connectivity index (χ2v) is 7.98. The van der Waals surface area contributed by atoms with Crippen LogP contribution in [0.3, 0.4) is 0 Å². The van der Waals surface area contributed by atoms with Crippen LogP contribution in [0.25, 0.3) is 0 Å². The summed E-state index contributed by atoms with van der Waals surface area (Å²) in [7, 11) is -2.84. The normalized spacial score (nSPS) is 23.9. The third-order valence-corrected chi connectivity index (χ3v) is 5.52. The maximum absolute atomic E-state index is 11.6. The van der Waals surface area contributed by atoms with Gasteiger partial charge in [0.2, 0.25) is 0 Å². The molecule has 0 saturated carbocycles. The first-order valence-corrected chi connectivity index (χ1v) is 8.60. The summed E-state index contributed by atoms with van der Waals surface area (Å²) in [6.07, 6.45) is 2.08. The average molecular weight is 285 g/mol. The Morgan fingerprint density at radius 3 is 2.68 bits per heavy atom. The topological polar surface area (TPSA) is 55.2 Å². The molecule has 0 bridgehead atoms. The van der Waals surface area contributed by atoms with Gasteiger partial charge in [-0.3, -0.25) is 9.58 Å². The van der Waals surface area contributed by atoms with Crippen LogP contribution in [-0.2, 0) is 16.4 Å². The van der Waals surface area contributed by atoms with E-state index >= 15 is 0 Å². The molecule has 0 amide bonds. The third-order valence-electron chi connectivity index (χ3n) is 3.73. The summed E-state index contributed by atoms with van der Waals surface area (Å²) in [5.41, 5.74) is 2.23. The predicted molar refractivity (Wildman–Crippen MR) is 75.9 cm³/mol. The van der Waals surface area contributed by atoms with Gasteiger partial charge in [0, 0.05) is 36.9 Å². The van der Waals surface area contributed by atoms with Crippen LogP contribution >= 0.6 is 0 Å². The van der Waals surface area contributed by atoms with Crippen LogP contribution in [0.1, 0.15) is 38.1 Å². The molecule has 1 aromatic rings. The molecule has 108 valence electrons. The zero-order chi connectivity index (χ0) is 14.2. The van der Waals surface area contributed by atoms with Crippen molar-refractivity contribution in [3.63, 3.8) is 0 Å². The second kappa shape index (κ2) is 5.25. The smallest absolute Gasteiger partial charge is 0.153 e. The Balaban J connectivity index is 2.09. The molecule has 1 aliphatic heterocycles. The quantitative estimate of drug-likeness (QED) is 0.842. The van der Waals surface area contributed by atoms with Crippen molar-refractivity contribution in [3.05, 3.63) is 17.5 Å². The van der Waals surface area contributed by atoms with Crippen LogP contribution in [-0.4, -0.2) is 47.2 Å². The van der Waals surface area contributed by atoms with E-state index in [1.54, 1.807) is 0 Å². The van der Waals surface area contributed by atoms with E-state index in [0.29, 0.717) is 12.6 Å². The molecule has 1 saturated heterocycles. The number of aromatic nitrogens is 2. The van der Waals surface area contributed by atoms with E-state index in [1.165, 1.54) is 5.56 Å². The number of hydrogen-bond donors (Lipinski definition) is 0. The molecule has 6 heteroatoms. The van der Waals surface area contributed by atoms with Crippen molar-refractivity contribution in [2.75, 3.05) is 18.1 Å². The zero-order valence-electron chi connectivity index (χ0n) is 12.1. The van der Waals surface area contributed by atoms with Gasteiger partial charge in [0.15, 0.2) is 9.84 Å². The fourth-order valence-electron chi connectivity index (χ4n) is 2.43. The number of sulfone groups is 1. The summed E-state index contributed by atoms with van der Waals surface area (Å²) < 4.78 is 25.1. The molecule has 0 spiro atoms. The van der Waals surface area contributed by atoms with Crippen LogP contribution in [0.2, 0.25) is 0 Å². The highest BCUT2D eigenvalue weighted by molar-refractivity contribution is 7.91. The van der Waals surface area contributed by atoms with E-state index in [0.717, 1.165) is 12.2 Å². The summed E-state index contributed by atoms with van der Waals surface area (Å²) >= 11 is 0. The van der Waals surface area contributed by atoms with E-state index < -0.39 is 9.84 Å². The van der Waals surface area contributed by atoms with E-state index in [4.69, 9.17) is 0 Å². The van der Waals surface area contributed by atoms with Gasteiger partial charge in [-0.25, -0.2) is 8.42 Å². The molecule has 2 heterocycles. The summed E-state index contributed by atoms with van der Waals surface area (Å²) in [4.78, 5) is 2.23. The maximum Gasteiger partial charge on any atom is 0.153 e. The first-order valence-electron chi connectivity index (χ1n) is 6.77. The van der Waals surface area contributed by atoms with Gasteiger partial charge in [0.05, 0.1) is 17.2 Å². The minimum Gasteiger partial charge on any atom is -0.294 e. The Hall–Kier alpha value is -0.880. The minimum absolute atomic E-state index is 0.0838. The van der Waals surface area contributed by atoms with E-state index in [9.17, 15) is 8.42 Å². The Morgan fingerprint density at radius 1 is 1.47 bits per heavy atom. The van der Waals surface area contributed by atoms with Gasteiger partial charge < -0.3 is 0 Å². The van der Waals surface area contributed by atoms with Crippen molar-refractivity contribution in [2.24, 2.45) is 0 Å². The molecule has 5 nitrogen and oxygen atoms in total. The lowest BCUT2D eigenvalue weighted by Gasteiger charge is -2.32. The molecule has 0 N–H and O–H groups in total. The number of hydrogen-bond acceptors (Lipinski definition) is 4. The van der Waals surface area contributed by atoms with Crippen molar-refractivity contribution in [3.8, 4) is 0 Å². The molecule has 1 fully saturated rings. The standard InChI is InChI=1S/C13H23N3O2S/c1-10(2)16-8-13(12(4)14-16)7-15-5-6-19(17,18)9-11(15)3/h8,10-11H,5-7,9H2,1-4H3. The van der Waals surface area contributed by atoms with E-state index in [1.807, 2.05) is 18.5 Å². The molecular formula is C13H23N3O2S. The van der Waals surface area contributed by atoms with E-state index in [-0.39, 0.29) is 17.5 Å². The highest BCUT2D eigenvalue weighted by atomic mass is 32.2. The van der Waals surface area contributed by atoms with Gasteiger partial charge in [-0.1, -0.05) is 0 Å². The summed E-state index contributed by atoms with van der Waals surface area (Å²) in [6, 6.07) is 0.437. The molecular weight excluding hydrogens is 262 g/mol. The maximum atomic E-state index is 11.6. The van der Waals surface area contributed by atoms with Gasteiger partial charge >= 0.3 is 0 Å². The van der Waals surface area contributed by atoms with Gasteiger partial charge in [0.1, 0.15) is 0 Å². The average Bonchev–Trinajstić information content (AvgIpc) is 2.64.